The third kappa shape index (κ3) is 2.93. The number of rotatable bonds is 4. The summed E-state index contributed by atoms with van der Waals surface area (Å²) in [4.78, 5) is 12.0. The lowest BCUT2D eigenvalue weighted by molar-refractivity contribution is 0.0951. The van der Waals surface area contributed by atoms with E-state index in [0.717, 1.165) is 22.8 Å². The molecule has 1 aromatic heterocycles. The summed E-state index contributed by atoms with van der Waals surface area (Å²) in [6.45, 7) is 4.09. The van der Waals surface area contributed by atoms with E-state index in [9.17, 15) is 4.79 Å². The lowest BCUT2D eigenvalue weighted by Gasteiger charge is -2.05. The Balaban J connectivity index is 2.01. The van der Waals surface area contributed by atoms with Crippen molar-refractivity contribution < 1.29 is 14.1 Å². The van der Waals surface area contributed by atoms with Gasteiger partial charge in [0.2, 0.25) is 0 Å². The monoisotopic (exact) mass is 260 g/mol. The molecule has 1 N–H and O–H groups in total. The van der Waals surface area contributed by atoms with E-state index in [2.05, 4.69) is 10.5 Å². The zero-order valence-electron chi connectivity index (χ0n) is 11.2. The highest BCUT2D eigenvalue weighted by atomic mass is 16.5. The average molecular weight is 260 g/mol. The van der Waals surface area contributed by atoms with E-state index in [0.29, 0.717) is 12.1 Å². The number of aromatic nitrogens is 1. The fraction of sp³-hybridized carbons (Fsp3) is 0.286. The van der Waals surface area contributed by atoms with Crippen LogP contribution in [0, 0.1) is 13.8 Å². The molecular weight excluding hydrogens is 244 g/mol. The summed E-state index contributed by atoms with van der Waals surface area (Å²) in [5.74, 6) is 1.32. The Hall–Kier alpha value is -2.30. The lowest BCUT2D eigenvalue weighted by atomic mass is 10.1. The summed E-state index contributed by atoms with van der Waals surface area (Å²) < 4.78 is 10.1. The Morgan fingerprint density at radius 1 is 1.32 bits per heavy atom. The quantitative estimate of drug-likeness (QED) is 0.915. The van der Waals surface area contributed by atoms with Crippen LogP contribution in [-0.4, -0.2) is 18.2 Å². The van der Waals surface area contributed by atoms with Gasteiger partial charge in [0.15, 0.2) is 0 Å². The lowest BCUT2D eigenvalue weighted by Crippen LogP contribution is -2.23. The van der Waals surface area contributed by atoms with Gasteiger partial charge in [-0.25, -0.2) is 0 Å². The van der Waals surface area contributed by atoms with Crippen molar-refractivity contribution in [2.24, 2.45) is 0 Å². The first-order valence-corrected chi connectivity index (χ1v) is 5.96. The second kappa shape index (κ2) is 5.56. The maximum absolute atomic E-state index is 12.0. The van der Waals surface area contributed by atoms with Gasteiger partial charge in [-0.1, -0.05) is 5.16 Å². The molecule has 0 aliphatic heterocycles. The molecule has 0 spiro atoms. The summed E-state index contributed by atoms with van der Waals surface area (Å²) in [6, 6.07) is 6.96. The first-order valence-electron chi connectivity index (χ1n) is 5.96. The largest absolute Gasteiger partial charge is 0.497 e. The molecule has 0 saturated carbocycles. The molecule has 5 nitrogen and oxygen atoms in total. The Labute approximate surface area is 111 Å². The number of aryl methyl sites for hydroxylation is 2. The van der Waals surface area contributed by atoms with Gasteiger partial charge in [-0.05, 0) is 38.1 Å². The predicted molar refractivity (Wildman–Crippen MR) is 70.1 cm³/mol. The highest BCUT2D eigenvalue weighted by Crippen LogP contribution is 2.13. The maximum atomic E-state index is 12.0. The molecule has 0 unspecified atom stereocenters. The van der Waals surface area contributed by atoms with Crippen LogP contribution in [0.15, 0.2) is 28.8 Å². The van der Waals surface area contributed by atoms with Crippen molar-refractivity contribution in [3.05, 3.63) is 46.8 Å². The molecule has 5 heteroatoms. The molecule has 1 amide bonds. The van der Waals surface area contributed by atoms with Crippen LogP contribution in [0.25, 0.3) is 0 Å². The van der Waals surface area contributed by atoms with Crippen molar-refractivity contribution >= 4 is 5.91 Å². The third-order valence-electron chi connectivity index (χ3n) is 2.96. The van der Waals surface area contributed by atoms with Gasteiger partial charge >= 0.3 is 0 Å². The van der Waals surface area contributed by atoms with Crippen LogP contribution in [0.1, 0.15) is 27.4 Å². The molecule has 0 atom stereocenters. The SMILES string of the molecule is COc1ccc(C(=O)NCc2c(C)noc2C)cc1. The van der Waals surface area contributed by atoms with E-state index >= 15 is 0 Å². The number of nitrogens with zero attached hydrogens (tertiary/aromatic N) is 1. The second-order valence-corrected chi connectivity index (χ2v) is 4.21. The minimum Gasteiger partial charge on any atom is -0.497 e. The molecule has 100 valence electrons. The number of methoxy groups -OCH3 is 1. The van der Waals surface area contributed by atoms with E-state index in [1.54, 1.807) is 31.4 Å². The first-order chi connectivity index (χ1) is 9.11. The summed E-state index contributed by atoms with van der Waals surface area (Å²) >= 11 is 0. The fourth-order valence-electron chi connectivity index (χ4n) is 1.77. The van der Waals surface area contributed by atoms with E-state index in [-0.39, 0.29) is 5.91 Å². The topological polar surface area (TPSA) is 64.4 Å². The van der Waals surface area contributed by atoms with Crippen molar-refractivity contribution in [3.8, 4) is 5.75 Å². The van der Waals surface area contributed by atoms with Crippen LogP contribution in [-0.2, 0) is 6.54 Å². The Bertz CT molecular complexity index is 553. The zero-order chi connectivity index (χ0) is 13.8. The Morgan fingerprint density at radius 3 is 2.53 bits per heavy atom. The van der Waals surface area contributed by atoms with Crippen molar-refractivity contribution in [1.29, 1.82) is 0 Å². The molecule has 0 saturated heterocycles. The fourth-order valence-corrected chi connectivity index (χ4v) is 1.77. The average Bonchev–Trinajstić information content (AvgIpc) is 2.75. The summed E-state index contributed by atoms with van der Waals surface area (Å²) in [5, 5.41) is 6.69. The van der Waals surface area contributed by atoms with Crippen molar-refractivity contribution in [2.45, 2.75) is 20.4 Å². The summed E-state index contributed by atoms with van der Waals surface area (Å²) in [5.41, 5.74) is 2.31. The maximum Gasteiger partial charge on any atom is 0.251 e. The molecule has 1 aromatic carbocycles. The number of amides is 1. The molecule has 2 rings (SSSR count). The number of carbonyl (C=O) groups excluding carboxylic acids is 1. The van der Waals surface area contributed by atoms with Crippen LogP contribution < -0.4 is 10.1 Å². The van der Waals surface area contributed by atoms with Gasteiger partial charge in [0.1, 0.15) is 11.5 Å². The number of benzene rings is 1. The van der Waals surface area contributed by atoms with Gasteiger partial charge in [-0.15, -0.1) is 0 Å². The van der Waals surface area contributed by atoms with Crippen LogP contribution in [0.3, 0.4) is 0 Å². The normalized spacial score (nSPS) is 10.3. The molecule has 0 aliphatic carbocycles. The first kappa shape index (κ1) is 13.1. The van der Waals surface area contributed by atoms with Gasteiger partial charge in [-0.2, -0.15) is 0 Å². The van der Waals surface area contributed by atoms with E-state index in [4.69, 9.17) is 9.26 Å². The van der Waals surface area contributed by atoms with Crippen LogP contribution in [0.2, 0.25) is 0 Å². The van der Waals surface area contributed by atoms with Gasteiger partial charge in [0.25, 0.3) is 5.91 Å². The second-order valence-electron chi connectivity index (χ2n) is 4.21. The molecule has 19 heavy (non-hydrogen) atoms. The van der Waals surface area contributed by atoms with Crippen molar-refractivity contribution in [1.82, 2.24) is 10.5 Å². The summed E-state index contributed by atoms with van der Waals surface area (Å²) in [6.07, 6.45) is 0. The highest BCUT2D eigenvalue weighted by Gasteiger charge is 2.11. The number of hydrogen-bond acceptors (Lipinski definition) is 4. The standard InChI is InChI=1S/C14H16N2O3/c1-9-13(10(2)19-16-9)8-15-14(17)11-4-6-12(18-3)7-5-11/h4-7H,8H2,1-3H3,(H,15,17). The zero-order valence-corrected chi connectivity index (χ0v) is 11.2. The van der Waals surface area contributed by atoms with Gasteiger partial charge in [0, 0.05) is 17.7 Å². The molecule has 0 fully saturated rings. The third-order valence-corrected chi connectivity index (χ3v) is 2.96. The van der Waals surface area contributed by atoms with E-state index < -0.39 is 0 Å². The van der Waals surface area contributed by atoms with E-state index in [1.807, 2.05) is 13.8 Å². The molecular formula is C14H16N2O3. The Kier molecular flexibility index (Phi) is 3.85. The molecule has 0 bridgehead atoms. The van der Waals surface area contributed by atoms with Crippen LogP contribution in [0.5, 0.6) is 5.75 Å². The predicted octanol–water partition coefficient (Wildman–Crippen LogP) is 2.23. The summed E-state index contributed by atoms with van der Waals surface area (Å²) in [7, 11) is 1.59. The number of hydrogen-bond donors (Lipinski definition) is 1. The smallest absolute Gasteiger partial charge is 0.251 e. The minimum absolute atomic E-state index is 0.136. The van der Waals surface area contributed by atoms with E-state index in [1.165, 1.54) is 0 Å². The molecule has 2 aromatic rings. The number of carbonyl (C=O) groups is 1. The van der Waals surface area contributed by atoms with Gasteiger partial charge in [0.05, 0.1) is 12.8 Å². The van der Waals surface area contributed by atoms with Crippen LogP contribution in [0.4, 0.5) is 0 Å². The minimum atomic E-state index is -0.136. The van der Waals surface area contributed by atoms with Crippen LogP contribution >= 0.6 is 0 Å². The molecule has 1 heterocycles. The Morgan fingerprint density at radius 2 is 2.00 bits per heavy atom. The van der Waals surface area contributed by atoms with Gasteiger partial charge < -0.3 is 14.6 Å². The van der Waals surface area contributed by atoms with Gasteiger partial charge in [-0.3, -0.25) is 4.79 Å². The van der Waals surface area contributed by atoms with Crippen molar-refractivity contribution in [2.75, 3.05) is 7.11 Å². The molecule has 0 aliphatic rings. The number of nitrogens with one attached hydrogen (secondary N) is 1. The number of ether oxygens (including phenoxy) is 1. The highest BCUT2D eigenvalue weighted by molar-refractivity contribution is 5.94. The molecule has 0 radical (unpaired) electrons. The van der Waals surface area contributed by atoms with Crippen molar-refractivity contribution in [3.63, 3.8) is 0 Å².